The first-order valence-corrected chi connectivity index (χ1v) is 28.2. The van der Waals surface area contributed by atoms with Crippen LogP contribution in [0.15, 0.2) is 193 Å². The van der Waals surface area contributed by atoms with Crippen molar-refractivity contribution in [1.29, 1.82) is 0 Å². The molecule has 1 N–H and O–H groups in total. The first-order chi connectivity index (χ1) is 38.3. The molecule has 0 saturated carbocycles. The molecule has 15 rings (SSSR count). The van der Waals surface area contributed by atoms with Gasteiger partial charge in [0, 0.05) is 45.6 Å². The summed E-state index contributed by atoms with van der Waals surface area (Å²) in [7, 11) is -3.50. The summed E-state index contributed by atoms with van der Waals surface area (Å²) in [5.74, 6) is -2.11. The number of anilines is 1. The van der Waals surface area contributed by atoms with Gasteiger partial charge in [0.2, 0.25) is 0 Å². The number of aryl methyl sites for hydroxylation is 1. The van der Waals surface area contributed by atoms with Gasteiger partial charge in [-0.15, -0.1) is 0 Å². The zero-order valence-corrected chi connectivity index (χ0v) is 43.9. The number of hydrogen-bond donors (Lipinski definition) is 1. The van der Waals surface area contributed by atoms with E-state index in [4.69, 9.17) is 0 Å². The molecule has 382 valence electrons. The molecule has 0 radical (unpaired) electrons. The van der Waals surface area contributed by atoms with E-state index in [1.165, 1.54) is 121 Å². The Bertz CT molecular complexity index is 4360. The van der Waals surface area contributed by atoms with Crippen molar-refractivity contribution in [2.75, 3.05) is 11.9 Å². The Hall–Kier alpha value is -9.09. The number of amides is 4. The van der Waals surface area contributed by atoms with Gasteiger partial charge in [-0.3, -0.25) is 28.6 Å². The fraction of sp³-hybridized carbons (Fsp3) is 0.130. The number of carbonyl (C=O) groups is 4. The van der Waals surface area contributed by atoms with E-state index in [-0.39, 0.29) is 50.2 Å². The van der Waals surface area contributed by atoms with Crippen LogP contribution in [-0.4, -0.2) is 48.5 Å². The lowest BCUT2D eigenvalue weighted by molar-refractivity contribution is 0.0649. The highest BCUT2D eigenvalue weighted by Gasteiger charge is 2.46. The van der Waals surface area contributed by atoms with Crippen LogP contribution in [0.3, 0.4) is 0 Å². The van der Waals surface area contributed by atoms with E-state index in [0.717, 1.165) is 47.1 Å². The van der Waals surface area contributed by atoms with Gasteiger partial charge < -0.3 is 0 Å². The number of hydrogen-bond acceptors (Lipinski definition) is 6. The first kappa shape index (κ1) is 47.1. The Morgan fingerprint density at radius 3 is 1.30 bits per heavy atom. The summed E-state index contributed by atoms with van der Waals surface area (Å²) in [4.78, 5) is 55.9. The highest BCUT2D eigenvalue weighted by Crippen LogP contribution is 2.56. The minimum Gasteiger partial charge on any atom is -0.282 e. The van der Waals surface area contributed by atoms with Crippen molar-refractivity contribution in [3.63, 3.8) is 0 Å². The van der Waals surface area contributed by atoms with E-state index in [1.54, 1.807) is 0 Å². The largest absolute Gasteiger partial charge is 0.295 e. The maximum absolute atomic E-state index is 14.2. The smallest absolute Gasteiger partial charge is 0.282 e. The van der Waals surface area contributed by atoms with Gasteiger partial charge in [-0.1, -0.05) is 157 Å². The van der Waals surface area contributed by atoms with E-state index in [0.29, 0.717) is 11.5 Å². The summed E-state index contributed by atoms with van der Waals surface area (Å²) in [5, 5.41) is 3.20. The van der Waals surface area contributed by atoms with Gasteiger partial charge in [-0.25, -0.2) is 4.90 Å². The molecule has 79 heavy (non-hydrogen) atoms. The quantitative estimate of drug-likeness (QED) is 0.124. The fourth-order valence-corrected chi connectivity index (χ4v) is 15.0. The summed E-state index contributed by atoms with van der Waals surface area (Å²) in [5.41, 5.74) is 17.6. The van der Waals surface area contributed by atoms with Crippen LogP contribution in [0.25, 0.3) is 43.8 Å². The van der Waals surface area contributed by atoms with Crippen molar-refractivity contribution < 1.29 is 32.1 Å². The van der Waals surface area contributed by atoms with Crippen molar-refractivity contribution in [1.82, 2.24) is 4.90 Å². The van der Waals surface area contributed by atoms with Crippen LogP contribution >= 0.6 is 0 Å². The molecular formula is C69H48N2O7S. The molecule has 0 atom stereocenters. The van der Waals surface area contributed by atoms with E-state index in [1.807, 2.05) is 24.3 Å². The van der Waals surface area contributed by atoms with Gasteiger partial charge in [0.15, 0.2) is 0 Å². The van der Waals surface area contributed by atoms with Crippen LogP contribution < -0.4 is 4.90 Å². The van der Waals surface area contributed by atoms with Crippen LogP contribution in [0.1, 0.15) is 114 Å². The summed E-state index contributed by atoms with van der Waals surface area (Å²) in [6.45, 7) is 2.15. The van der Waals surface area contributed by atoms with Crippen molar-refractivity contribution in [3.8, 4) is 22.3 Å². The van der Waals surface area contributed by atoms with E-state index >= 15 is 0 Å². The molecule has 0 spiro atoms. The molecule has 9 nitrogen and oxygen atoms in total. The van der Waals surface area contributed by atoms with E-state index in [9.17, 15) is 32.1 Å². The zero-order valence-electron chi connectivity index (χ0n) is 43.1. The monoisotopic (exact) mass is 1050 g/mol. The summed E-state index contributed by atoms with van der Waals surface area (Å²) >= 11 is 0. The second-order valence-corrected chi connectivity index (χ2v) is 23.4. The molecule has 4 amide bonds. The molecule has 10 aromatic rings. The normalized spacial score (nSPS) is 16.2. The number of fused-ring (bicyclic) bond motifs is 3. The number of imide groups is 2. The van der Waals surface area contributed by atoms with Crippen LogP contribution in [0, 0.1) is 6.92 Å². The lowest BCUT2D eigenvalue weighted by Crippen LogP contribution is -2.42. The minimum atomic E-state index is -4.88. The van der Waals surface area contributed by atoms with Gasteiger partial charge in [-0.05, 0) is 164 Å². The molecule has 0 aromatic heterocycles. The predicted octanol–water partition coefficient (Wildman–Crippen LogP) is 13.4. The molecule has 0 bridgehead atoms. The molecule has 2 aliphatic heterocycles. The Morgan fingerprint density at radius 2 is 0.848 bits per heavy atom. The molecular weight excluding hydrogens is 1000 g/mol. The maximum Gasteiger partial charge on any atom is 0.295 e. The van der Waals surface area contributed by atoms with Crippen molar-refractivity contribution >= 4 is 61.0 Å². The van der Waals surface area contributed by atoms with E-state index in [2.05, 4.69) is 128 Å². The minimum absolute atomic E-state index is 0.0655. The third-order valence-electron chi connectivity index (χ3n) is 17.9. The second kappa shape index (κ2) is 17.0. The first-order valence-electron chi connectivity index (χ1n) is 26.7. The molecule has 2 heterocycles. The van der Waals surface area contributed by atoms with Crippen LogP contribution in [0.4, 0.5) is 5.69 Å². The molecule has 10 heteroatoms. The lowest BCUT2D eigenvalue weighted by atomic mass is 9.67. The predicted molar refractivity (Wildman–Crippen MR) is 306 cm³/mol. The average Bonchev–Trinajstić information content (AvgIpc) is 3.95. The SMILES string of the molecule is Cc1ccc(C2(c3ccc(C4Cc5ccc6c7c(ccc(c57)C4)CC(c4ccc(-c5ccc(N7C(=O)c8ccc9c%10c(ccc(c8%10)C7=O)C(=O)N(C)C9=O)cc5S(=O)(=O)O)cc4)C6)cc3)c3ccccc3-c3ccccc32)cc1. The molecule has 0 unspecified atom stereocenters. The lowest BCUT2D eigenvalue weighted by Gasteiger charge is -2.34. The number of benzene rings is 10. The molecule has 3 aliphatic carbocycles. The van der Waals surface area contributed by atoms with Crippen LogP contribution in [0.5, 0.6) is 0 Å². The molecule has 0 saturated heterocycles. The number of carbonyl (C=O) groups excluding carboxylic acids is 4. The third kappa shape index (κ3) is 6.74. The van der Waals surface area contributed by atoms with Gasteiger partial charge >= 0.3 is 0 Å². The average molecular weight is 1050 g/mol. The second-order valence-electron chi connectivity index (χ2n) is 22.0. The highest BCUT2D eigenvalue weighted by molar-refractivity contribution is 7.86. The Balaban J connectivity index is 0.693. The third-order valence-corrected chi connectivity index (χ3v) is 18.8. The summed E-state index contributed by atoms with van der Waals surface area (Å²) in [6.07, 6.45) is 3.61. The topological polar surface area (TPSA) is 129 Å². The number of rotatable bonds is 7. The van der Waals surface area contributed by atoms with Gasteiger partial charge in [0.05, 0.1) is 11.1 Å². The molecule has 0 fully saturated rings. The molecule has 5 aliphatic rings. The van der Waals surface area contributed by atoms with Crippen molar-refractivity contribution in [2.24, 2.45) is 0 Å². The van der Waals surface area contributed by atoms with Crippen LogP contribution in [-0.2, 0) is 41.2 Å². The van der Waals surface area contributed by atoms with Crippen molar-refractivity contribution in [3.05, 3.63) is 272 Å². The van der Waals surface area contributed by atoms with Gasteiger partial charge in [0.1, 0.15) is 4.90 Å². The summed E-state index contributed by atoms with van der Waals surface area (Å²) < 4.78 is 37.0. The Morgan fingerprint density at radius 1 is 0.443 bits per heavy atom. The Kier molecular flexibility index (Phi) is 10.1. The summed E-state index contributed by atoms with van der Waals surface area (Å²) in [6, 6.07) is 63.3. The standard InChI is InChI=1S/C69H48N2O7S/c1-38-11-23-48(24-12-38)69(58-9-5-3-7-52(58)53-8-4-6-10-59(53)69)49-25-21-40(22-26-49)47-35-44-19-17-42-33-46(34-43-18-20-45(36-47)62(44)61(42)43)39-13-15-41(16-14-39)51-28-27-50(37-60(51)79(76,77)78)71-67(74)56-31-29-54-63-55(66(73)70(2)65(54)72)30-32-57(64(56)63)68(71)75/h3-32,37,46-47H,33-36H2,1-2H3,(H,76,77,78). The molecule has 10 aromatic carbocycles. The van der Waals surface area contributed by atoms with Crippen molar-refractivity contribution in [2.45, 2.75) is 54.8 Å². The van der Waals surface area contributed by atoms with Crippen LogP contribution in [0.2, 0.25) is 0 Å². The fourth-order valence-electron chi connectivity index (χ4n) is 14.2. The maximum atomic E-state index is 14.2. The number of nitrogens with zero attached hydrogens (tertiary/aromatic N) is 2. The van der Waals surface area contributed by atoms with E-state index < -0.39 is 44.1 Å². The Labute approximate surface area is 456 Å². The highest BCUT2D eigenvalue weighted by atomic mass is 32.2. The van der Waals surface area contributed by atoms with Gasteiger partial charge in [-0.2, -0.15) is 8.42 Å². The van der Waals surface area contributed by atoms with Gasteiger partial charge in [0.25, 0.3) is 33.7 Å². The zero-order chi connectivity index (χ0) is 53.8.